The third-order valence-corrected chi connectivity index (χ3v) is 3.07. The number of pyridine rings is 1. The first kappa shape index (κ1) is 13.9. The Morgan fingerprint density at radius 1 is 1.41 bits per heavy atom. The number of nitrogens with zero attached hydrogens (tertiary/aromatic N) is 2. The number of hydrogen-bond donors (Lipinski definition) is 2. The summed E-state index contributed by atoms with van der Waals surface area (Å²) >= 11 is 0. The van der Waals surface area contributed by atoms with Gasteiger partial charge in [0.05, 0.1) is 6.10 Å². The average molecular weight is 237 g/mol. The van der Waals surface area contributed by atoms with Crippen molar-refractivity contribution in [3.63, 3.8) is 0 Å². The summed E-state index contributed by atoms with van der Waals surface area (Å²) in [7, 11) is 0. The Morgan fingerprint density at radius 2 is 2.12 bits per heavy atom. The number of anilines is 1. The molecular formula is C13H23N3O. The highest BCUT2D eigenvalue weighted by Gasteiger charge is 2.09. The fourth-order valence-electron chi connectivity index (χ4n) is 1.84. The van der Waals surface area contributed by atoms with Gasteiger partial charge in [-0.15, -0.1) is 0 Å². The van der Waals surface area contributed by atoms with Crippen LogP contribution in [-0.2, 0) is 6.42 Å². The van der Waals surface area contributed by atoms with E-state index in [1.807, 2.05) is 0 Å². The molecule has 0 amide bonds. The lowest BCUT2D eigenvalue weighted by Gasteiger charge is -2.20. The third kappa shape index (κ3) is 4.71. The Hall–Kier alpha value is -1.13. The molecular weight excluding hydrogens is 214 g/mol. The average Bonchev–Trinajstić information content (AvgIpc) is 2.33. The molecule has 0 aliphatic carbocycles. The smallest absolute Gasteiger partial charge is 0.0594 e. The van der Waals surface area contributed by atoms with Gasteiger partial charge in [-0.3, -0.25) is 4.98 Å². The van der Waals surface area contributed by atoms with Crippen LogP contribution in [-0.4, -0.2) is 40.7 Å². The van der Waals surface area contributed by atoms with Gasteiger partial charge >= 0.3 is 0 Å². The molecule has 4 nitrogen and oxygen atoms in total. The summed E-state index contributed by atoms with van der Waals surface area (Å²) < 4.78 is 0. The van der Waals surface area contributed by atoms with Crippen molar-refractivity contribution in [2.24, 2.45) is 0 Å². The Morgan fingerprint density at radius 3 is 2.71 bits per heavy atom. The maximum absolute atomic E-state index is 9.96. The second kappa shape index (κ2) is 7.25. The summed E-state index contributed by atoms with van der Waals surface area (Å²) in [4.78, 5) is 6.33. The summed E-state index contributed by atoms with van der Waals surface area (Å²) in [6, 6.07) is 1.77. The molecule has 0 saturated carbocycles. The van der Waals surface area contributed by atoms with E-state index in [-0.39, 0.29) is 6.10 Å². The molecule has 4 heteroatoms. The first-order chi connectivity index (χ1) is 8.17. The molecule has 17 heavy (non-hydrogen) atoms. The fourth-order valence-corrected chi connectivity index (χ4v) is 1.84. The largest absolute Gasteiger partial charge is 0.398 e. The van der Waals surface area contributed by atoms with Crippen molar-refractivity contribution in [1.29, 1.82) is 0 Å². The quantitative estimate of drug-likeness (QED) is 0.750. The topological polar surface area (TPSA) is 62.4 Å². The minimum Gasteiger partial charge on any atom is -0.398 e. The number of rotatable bonds is 7. The number of nitrogen functional groups attached to an aromatic ring is 1. The van der Waals surface area contributed by atoms with Gasteiger partial charge in [-0.2, -0.15) is 0 Å². The van der Waals surface area contributed by atoms with Crippen molar-refractivity contribution in [2.45, 2.75) is 32.8 Å². The van der Waals surface area contributed by atoms with Gasteiger partial charge < -0.3 is 15.7 Å². The molecule has 1 aromatic heterocycles. The van der Waals surface area contributed by atoms with Crippen molar-refractivity contribution in [3.05, 3.63) is 24.0 Å². The number of nitrogens with two attached hydrogens (primary N) is 1. The van der Waals surface area contributed by atoms with Gasteiger partial charge in [0.1, 0.15) is 0 Å². The first-order valence-corrected chi connectivity index (χ1v) is 6.26. The van der Waals surface area contributed by atoms with E-state index in [9.17, 15) is 5.11 Å². The SMILES string of the molecule is CCN(CC)CCC(O)Cc1cnccc1N. The molecule has 0 fully saturated rings. The number of aromatic nitrogens is 1. The van der Waals surface area contributed by atoms with Crippen LogP contribution in [0.15, 0.2) is 18.5 Å². The lowest BCUT2D eigenvalue weighted by atomic mass is 10.1. The van der Waals surface area contributed by atoms with Crippen molar-refractivity contribution >= 4 is 5.69 Å². The summed E-state index contributed by atoms with van der Waals surface area (Å²) in [6.45, 7) is 7.24. The second-order valence-electron chi connectivity index (χ2n) is 4.25. The van der Waals surface area contributed by atoms with Crippen LogP contribution in [0, 0.1) is 0 Å². The molecule has 1 heterocycles. The van der Waals surface area contributed by atoms with E-state index in [1.54, 1.807) is 18.5 Å². The van der Waals surface area contributed by atoms with Gasteiger partial charge in [0, 0.05) is 31.0 Å². The molecule has 0 aliphatic rings. The molecule has 1 atom stereocenters. The Kier molecular flexibility index (Phi) is 5.94. The monoisotopic (exact) mass is 237 g/mol. The van der Waals surface area contributed by atoms with E-state index in [1.165, 1.54) is 0 Å². The maximum atomic E-state index is 9.96. The molecule has 1 rings (SSSR count). The molecule has 0 spiro atoms. The lowest BCUT2D eigenvalue weighted by molar-refractivity contribution is 0.144. The second-order valence-corrected chi connectivity index (χ2v) is 4.25. The minimum absolute atomic E-state index is 0.345. The van der Waals surface area contributed by atoms with Crippen molar-refractivity contribution in [2.75, 3.05) is 25.4 Å². The maximum Gasteiger partial charge on any atom is 0.0594 e. The van der Waals surface area contributed by atoms with Crippen LogP contribution >= 0.6 is 0 Å². The van der Waals surface area contributed by atoms with Crippen LogP contribution in [0.3, 0.4) is 0 Å². The Bertz CT molecular complexity index is 326. The van der Waals surface area contributed by atoms with Crippen LogP contribution < -0.4 is 5.73 Å². The first-order valence-electron chi connectivity index (χ1n) is 6.26. The highest BCUT2D eigenvalue weighted by atomic mass is 16.3. The lowest BCUT2D eigenvalue weighted by Crippen LogP contribution is -2.27. The summed E-state index contributed by atoms with van der Waals surface area (Å²) in [6.07, 6.45) is 4.41. The minimum atomic E-state index is -0.345. The van der Waals surface area contributed by atoms with E-state index in [0.717, 1.165) is 31.6 Å². The molecule has 3 N–H and O–H groups in total. The summed E-state index contributed by atoms with van der Waals surface area (Å²) in [5, 5.41) is 9.96. The highest BCUT2D eigenvalue weighted by molar-refractivity contribution is 5.44. The van der Waals surface area contributed by atoms with Gasteiger partial charge in [0.2, 0.25) is 0 Å². The van der Waals surface area contributed by atoms with Gasteiger partial charge in [-0.25, -0.2) is 0 Å². The number of aliphatic hydroxyl groups excluding tert-OH is 1. The molecule has 0 aliphatic heterocycles. The zero-order chi connectivity index (χ0) is 12.7. The number of aliphatic hydroxyl groups is 1. The fraction of sp³-hybridized carbons (Fsp3) is 0.615. The van der Waals surface area contributed by atoms with Crippen LogP contribution in [0.4, 0.5) is 5.69 Å². The Balaban J connectivity index is 2.39. The third-order valence-electron chi connectivity index (χ3n) is 3.07. The molecule has 0 saturated heterocycles. The van der Waals surface area contributed by atoms with E-state index in [4.69, 9.17) is 5.73 Å². The van der Waals surface area contributed by atoms with Crippen molar-refractivity contribution < 1.29 is 5.11 Å². The molecule has 0 aromatic carbocycles. The van der Waals surface area contributed by atoms with Gasteiger partial charge in [-0.1, -0.05) is 13.8 Å². The van der Waals surface area contributed by atoms with E-state index in [2.05, 4.69) is 23.7 Å². The standard InChI is InChI=1S/C13H23N3O/c1-3-16(4-2)8-6-12(17)9-11-10-15-7-5-13(11)14/h5,7,10,12,17H,3-4,6,8-9H2,1-2H3,(H2,14,15). The van der Waals surface area contributed by atoms with Gasteiger partial charge in [-0.05, 0) is 31.1 Å². The molecule has 0 bridgehead atoms. The van der Waals surface area contributed by atoms with Crippen molar-refractivity contribution in [3.8, 4) is 0 Å². The van der Waals surface area contributed by atoms with E-state index in [0.29, 0.717) is 12.1 Å². The molecule has 1 unspecified atom stereocenters. The summed E-state index contributed by atoms with van der Waals surface area (Å²) in [5.41, 5.74) is 7.46. The predicted octanol–water partition coefficient (Wildman–Crippen LogP) is 1.30. The van der Waals surface area contributed by atoms with Crippen LogP contribution in [0.1, 0.15) is 25.8 Å². The van der Waals surface area contributed by atoms with Crippen molar-refractivity contribution in [1.82, 2.24) is 9.88 Å². The number of hydrogen-bond acceptors (Lipinski definition) is 4. The summed E-state index contributed by atoms with van der Waals surface area (Å²) in [5.74, 6) is 0. The zero-order valence-electron chi connectivity index (χ0n) is 10.8. The van der Waals surface area contributed by atoms with Crippen LogP contribution in [0.2, 0.25) is 0 Å². The van der Waals surface area contributed by atoms with Crippen LogP contribution in [0.5, 0.6) is 0 Å². The highest BCUT2D eigenvalue weighted by Crippen LogP contribution is 2.12. The Labute approximate surface area is 103 Å². The van der Waals surface area contributed by atoms with Crippen LogP contribution in [0.25, 0.3) is 0 Å². The predicted molar refractivity (Wildman–Crippen MR) is 70.8 cm³/mol. The zero-order valence-corrected chi connectivity index (χ0v) is 10.8. The van der Waals surface area contributed by atoms with E-state index < -0.39 is 0 Å². The van der Waals surface area contributed by atoms with Gasteiger partial charge in [0.25, 0.3) is 0 Å². The van der Waals surface area contributed by atoms with Gasteiger partial charge in [0.15, 0.2) is 0 Å². The normalized spacial score (nSPS) is 12.9. The molecule has 0 radical (unpaired) electrons. The molecule has 96 valence electrons. The van der Waals surface area contributed by atoms with E-state index >= 15 is 0 Å². The molecule has 1 aromatic rings.